The van der Waals surface area contributed by atoms with Crippen molar-refractivity contribution in [2.24, 2.45) is 0 Å². The minimum atomic E-state index is -0.330. The lowest BCUT2D eigenvalue weighted by Gasteiger charge is -2.23. The van der Waals surface area contributed by atoms with E-state index < -0.39 is 0 Å². The maximum atomic E-state index is 11.7. The normalized spacial score (nSPS) is 14.9. The van der Waals surface area contributed by atoms with Crippen LogP contribution in [0.15, 0.2) is 24.4 Å². The minimum Gasteiger partial charge on any atom is -0.462 e. The molecule has 0 radical (unpaired) electrons. The van der Waals surface area contributed by atoms with Gasteiger partial charge in [-0.3, -0.25) is 0 Å². The molecular weight excluding hydrogens is 330 g/mol. The van der Waals surface area contributed by atoms with Crippen molar-refractivity contribution >= 4 is 17.6 Å². The second kappa shape index (κ2) is 8.12. The molecule has 138 valence electrons. The SMILES string of the molecule is CCOC(=O)c1ccc(N2CCCN(c3cc(C)nc(C)n3)CC2)nc1. The number of nitrogens with zero attached hydrogens (tertiary/aromatic N) is 5. The number of carbonyl (C=O) groups is 1. The van der Waals surface area contributed by atoms with Crippen LogP contribution in [0.3, 0.4) is 0 Å². The number of ether oxygens (including phenoxy) is 1. The van der Waals surface area contributed by atoms with Crippen molar-refractivity contribution in [2.45, 2.75) is 27.2 Å². The van der Waals surface area contributed by atoms with Crippen molar-refractivity contribution in [3.8, 4) is 0 Å². The molecule has 26 heavy (non-hydrogen) atoms. The molecule has 0 aliphatic carbocycles. The maximum absolute atomic E-state index is 11.7. The quantitative estimate of drug-likeness (QED) is 0.780. The summed E-state index contributed by atoms with van der Waals surface area (Å²) in [6, 6.07) is 5.70. The summed E-state index contributed by atoms with van der Waals surface area (Å²) in [4.78, 5) is 29.7. The monoisotopic (exact) mass is 355 g/mol. The molecule has 0 unspecified atom stereocenters. The summed E-state index contributed by atoms with van der Waals surface area (Å²) in [7, 11) is 0. The first-order chi connectivity index (χ1) is 12.6. The van der Waals surface area contributed by atoms with Crippen LogP contribution in [-0.4, -0.2) is 53.7 Å². The molecule has 0 bridgehead atoms. The van der Waals surface area contributed by atoms with Crippen LogP contribution in [-0.2, 0) is 4.74 Å². The van der Waals surface area contributed by atoms with Crippen molar-refractivity contribution in [3.05, 3.63) is 41.5 Å². The zero-order valence-electron chi connectivity index (χ0n) is 15.6. The number of pyridine rings is 1. The van der Waals surface area contributed by atoms with Crippen LogP contribution in [0.25, 0.3) is 0 Å². The predicted octanol–water partition coefficient (Wildman–Crippen LogP) is 2.38. The lowest BCUT2D eigenvalue weighted by molar-refractivity contribution is 0.0526. The van der Waals surface area contributed by atoms with Gasteiger partial charge in [-0.05, 0) is 39.3 Å². The Hall–Kier alpha value is -2.70. The van der Waals surface area contributed by atoms with E-state index in [0.29, 0.717) is 12.2 Å². The van der Waals surface area contributed by atoms with Crippen molar-refractivity contribution in [3.63, 3.8) is 0 Å². The number of hydrogen-bond acceptors (Lipinski definition) is 7. The Morgan fingerprint density at radius 2 is 1.81 bits per heavy atom. The van der Waals surface area contributed by atoms with Crippen LogP contribution >= 0.6 is 0 Å². The van der Waals surface area contributed by atoms with Gasteiger partial charge in [0.25, 0.3) is 0 Å². The van der Waals surface area contributed by atoms with E-state index in [9.17, 15) is 4.79 Å². The number of rotatable bonds is 4. The fourth-order valence-electron chi connectivity index (χ4n) is 3.14. The van der Waals surface area contributed by atoms with Crippen LogP contribution in [0.1, 0.15) is 35.2 Å². The topological polar surface area (TPSA) is 71.5 Å². The highest BCUT2D eigenvalue weighted by Crippen LogP contribution is 2.18. The molecule has 0 N–H and O–H groups in total. The number of aromatic nitrogens is 3. The smallest absolute Gasteiger partial charge is 0.339 e. The average molecular weight is 355 g/mol. The fourth-order valence-corrected chi connectivity index (χ4v) is 3.14. The third-order valence-electron chi connectivity index (χ3n) is 4.36. The highest BCUT2D eigenvalue weighted by Gasteiger charge is 2.18. The van der Waals surface area contributed by atoms with E-state index in [4.69, 9.17) is 4.74 Å². The van der Waals surface area contributed by atoms with E-state index in [-0.39, 0.29) is 5.97 Å². The summed E-state index contributed by atoms with van der Waals surface area (Å²) >= 11 is 0. The zero-order valence-corrected chi connectivity index (χ0v) is 15.6. The first-order valence-electron chi connectivity index (χ1n) is 9.02. The molecule has 0 atom stereocenters. The van der Waals surface area contributed by atoms with Crippen LogP contribution < -0.4 is 9.80 Å². The number of esters is 1. The second-order valence-corrected chi connectivity index (χ2v) is 6.37. The summed E-state index contributed by atoms with van der Waals surface area (Å²) < 4.78 is 5.00. The fraction of sp³-hybridized carbons (Fsp3) is 0.474. The highest BCUT2D eigenvalue weighted by atomic mass is 16.5. The van der Waals surface area contributed by atoms with Crippen molar-refractivity contribution in [1.29, 1.82) is 0 Å². The van der Waals surface area contributed by atoms with Gasteiger partial charge in [-0.15, -0.1) is 0 Å². The molecule has 0 aromatic carbocycles. The maximum Gasteiger partial charge on any atom is 0.339 e. The van der Waals surface area contributed by atoms with Crippen molar-refractivity contribution in [1.82, 2.24) is 15.0 Å². The Labute approximate surface area is 154 Å². The Morgan fingerprint density at radius 3 is 2.42 bits per heavy atom. The third-order valence-corrected chi connectivity index (χ3v) is 4.36. The highest BCUT2D eigenvalue weighted by molar-refractivity contribution is 5.89. The molecule has 0 spiro atoms. The molecule has 0 saturated carbocycles. The van der Waals surface area contributed by atoms with Crippen LogP contribution in [0.2, 0.25) is 0 Å². The second-order valence-electron chi connectivity index (χ2n) is 6.37. The zero-order chi connectivity index (χ0) is 18.5. The van der Waals surface area contributed by atoms with E-state index >= 15 is 0 Å². The van der Waals surface area contributed by atoms with Gasteiger partial charge in [-0.25, -0.2) is 19.7 Å². The standard InChI is InChI=1S/C19H25N5O2/c1-4-26-19(25)16-6-7-17(20-13-16)23-8-5-9-24(11-10-23)18-12-14(2)21-15(3)22-18/h6-7,12-13H,4-5,8-11H2,1-3H3. The number of aryl methyl sites for hydroxylation is 2. The van der Waals surface area contributed by atoms with E-state index in [1.54, 1.807) is 19.2 Å². The molecule has 1 aliphatic rings. The van der Waals surface area contributed by atoms with Crippen molar-refractivity contribution in [2.75, 3.05) is 42.6 Å². The lowest BCUT2D eigenvalue weighted by atomic mass is 10.2. The Bertz CT molecular complexity index is 743. The molecule has 2 aromatic heterocycles. The van der Waals surface area contributed by atoms with Crippen LogP contribution in [0.4, 0.5) is 11.6 Å². The molecular formula is C19H25N5O2. The molecule has 1 saturated heterocycles. The summed E-state index contributed by atoms with van der Waals surface area (Å²) in [6.45, 7) is 9.69. The molecule has 0 amide bonds. The Kier molecular flexibility index (Phi) is 5.65. The van der Waals surface area contributed by atoms with Gasteiger partial charge in [0.05, 0.1) is 12.2 Å². The molecule has 7 heteroatoms. The molecule has 3 heterocycles. The van der Waals surface area contributed by atoms with Crippen LogP contribution in [0.5, 0.6) is 0 Å². The summed E-state index contributed by atoms with van der Waals surface area (Å²) in [5.41, 5.74) is 1.48. The number of hydrogen-bond donors (Lipinski definition) is 0. The van der Waals surface area contributed by atoms with Gasteiger partial charge < -0.3 is 14.5 Å². The predicted molar refractivity (Wildman–Crippen MR) is 101 cm³/mol. The molecule has 7 nitrogen and oxygen atoms in total. The first-order valence-corrected chi connectivity index (χ1v) is 9.02. The molecule has 1 fully saturated rings. The van der Waals surface area contributed by atoms with Gasteiger partial charge in [0, 0.05) is 44.1 Å². The van der Waals surface area contributed by atoms with E-state index in [2.05, 4.69) is 24.8 Å². The van der Waals surface area contributed by atoms with Gasteiger partial charge in [-0.2, -0.15) is 0 Å². The third kappa shape index (κ3) is 4.28. The van der Waals surface area contributed by atoms with Gasteiger partial charge in [0.15, 0.2) is 0 Å². The lowest BCUT2D eigenvalue weighted by Crippen LogP contribution is -2.31. The Balaban J connectivity index is 1.67. The van der Waals surface area contributed by atoms with Gasteiger partial charge >= 0.3 is 5.97 Å². The van der Waals surface area contributed by atoms with Crippen LogP contribution in [0, 0.1) is 13.8 Å². The Morgan fingerprint density at radius 1 is 1.08 bits per heavy atom. The van der Waals surface area contributed by atoms with Gasteiger partial charge in [0.1, 0.15) is 17.5 Å². The largest absolute Gasteiger partial charge is 0.462 e. The minimum absolute atomic E-state index is 0.330. The average Bonchev–Trinajstić information content (AvgIpc) is 2.87. The summed E-state index contributed by atoms with van der Waals surface area (Å²) in [6.07, 6.45) is 2.61. The van der Waals surface area contributed by atoms with Gasteiger partial charge in [0.2, 0.25) is 0 Å². The van der Waals surface area contributed by atoms with E-state index in [1.165, 1.54) is 0 Å². The van der Waals surface area contributed by atoms with E-state index in [0.717, 1.165) is 55.8 Å². The summed E-state index contributed by atoms with van der Waals surface area (Å²) in [5, 5.41) is 0. The first kappa shape index (κ1) is 18.1. The molecule has 3 rings (SSSR count). The van der Waals surface area contributed by atoms with E-state index in [1.807, 2.05) is 26.0 Å². The van der Waals surface area contributed by atoms with Gasteiger partial charge in [-0.1, -0.05) is 0 Å². The summed E-state index contributed by atoms with van der Waals surface area (Å²) in [5.74, 6) is 2.35. The number of anilines is 2. The molecule has 1 aliphatic heterocycles. The molecule has 2 aromatic rings. The van der Waals surface area contributed by atoms with Crippen molar-refractivity contribution < 1.29 is 9.53 Å². The number of carbonyl (C=O) groups excluding carboxylic acids is 1.